The van der Waals surface area contributed by atoms with E-state index in [4.69, 9.17) is 20.3 Å². The van der Waals surface area contributed by atoms with E-state index in [0.717, 1.165) is 23.4 Å². The number of amides is 1. The van der Waals surface area contributed by atoms with Crippen molar-refractivity contribution in [3.63, 3.8) is 0 Å². The molecule has 38 heavy (non-hydrogen) atoms. The molecule has 0 fully saturated rings. The lowest BCUT2D eigenvalue weighted by Crippen LogP contribution is -2.42. The highest BCUT2D eigenvalue weighted by Crippen LogP contribution is 2.29. The van der Waals surface area contributed by atoms with Crippen LogP contribution in [0.4, 0.5) is 11.4 Å². The van der Waals surface area contributed by atoms with Gasteiger partial charge in [-0.2, -0.15) is 0 Å². The van der Waals surface area contributed by atoms with Crippen LogP contribution in [-0.2, 0) is 11.3 Å². The van der Waals surface area contributed by atoms with E-state index in [1.165, 1.54) is 0 Å². The monoisotopic (exact) mass is 521 g/mol. The number of hydrogen-bond acceptors (Lipinski definition) is 6. The highest BCUT2D eigenvalue weighted by atomic mass is 16.5. The number of ether oxygens (including phenoxy) is 2. The zero-order valence-corrected chi connectivity index (χ0v) is 22.9. The Morgan fingerprint density at radius 3 is 2.63 bits per heavy atom. The minimum absolute atomic E-state index is 0.0129. The molecule has 0 unspecified atom stereocenters. The average molecular weight is 522 g/mol. The van der Waals surface area contributed by atoms with Gasteiger partial charge in [0.25, 0.3) is 5.91 Å². The van der Waals surface area contributed by atoms with Crippen LogP contribution in [0.5, 0.6) is 11.5 Å². The number of nitrogens with one attached hydrogen (secondary N) is 2. The summed E-state index contributed by atoms with van der Waals surface area (Å²) in [6.07, 6.45) is 2.75. The maximum absolute atomic E-state index is 12.7. The van der Waals surface area contributed by atoms with E-state index in [1.54, 1.807) is 18.2 Å². The third-order valence-corrected chi connectivity index (χ3v) is 6.26. The molecule has 0 saturated carbocycles. The molecule has 9 heteroatoms. The summed E-state index contributed by atoms with van der Waals surface area (Å²) < 4.78 is 13.5. The number of nitrogens with zero attached hydrogens (tertiary/aromatic N) is 2. The Balaban J connectivity index is 1.76. The van der Waals surface area contributed by atoms with Crippen LogP contribution in [0.2, 0.25) is 0 Å². The number of hydrogen-bond donors (Lipinski definition) is 4. The SMILES string of the molecule is CCC(C)(C)NC(=O)c1cccc(Oc2ccc(N=C(N)c3c(NC)ccn3CCOCCO)cc2C)c1. The van der Waals surface area contributed by atoms with Gasteiger partial charge < -0.3 is 35.5 Å². The first-order valence-corrected chi connectivity index (χ1v) is 12.8. The van der Waals surface area contributed by atoms with Gasteiger partial charge in [-0.15, -0.1) is 0 Å². The molecule has 1 heterocycles. The van der Waals surface area contributed by atoms with Crippen LogP contribution in [0.3, 0.4) is 0 Å². The molecule has 5 N–H and O–H groups in total. The number of aliphatic hydroxyl groups excluding tert-OH is 1. The van der Waals surface area contributed by atoms with Crippen LogP contribution < -0.4 is 21.1 Å². The lowest BCUT2D eigenvalue weighted by Gasteiger charge is -2.24. The van der Waals surface area contributed by atoms with Crippen molar-refractivity contribution in [2.45, 2.75) is 46.2 Å². The standard InChI is InChI=1S/C29H39N5O4/c1-6-29(3,4)33-28(36)21-8-7-9-23(19-21)38-25-11-10-22(18-20(25)2)32-27(30)26-24(31-5)12-13-34(26)14-16-37-17-15-35/h7-13,18-19,31,35H,6,14-17H2,1-5H3,(H2,30,32)(H,33,36). The zero-order chi connectivity index (χ0) is 27.7. The number of aliphatic hydroxyl groups is 1. The number of aryl methyl sites for hydroxylation is 1. The van der Waals surface area contributed by atoms with Crippen LogP contribution in [0.15, 0.2) is 59.7 Å². The Labute approximate surface area is 224 Å². The van der Waals surface area contributed by atoms with Crippen molar-refractivity contribution in [1.29, 1.82) is 0 Å². The average Bonchev–Trinajstić information content (AvgIpc) is 3.31. The third kappa shape index (κ3) is 7.60. The molecule has 3 rings (SSSR count). The van der Waals surface area contributed by atoms with E-state index < -0.39 is 0 Å². The quantitative estimate of drug-likeness (QED) is 0.148. The van der Waals surface area contributed by atoms with E-state index in [0.29, 0.717) is 48.3 Å². The molecule has 0 spiro atoms. The zero-order valence-electron chi connectivity index (χ0n) is 22.9. The largest absolute Gasteiger partial charge is 0.457 e. The Kier molecular flexibility index (Phi) is 9.92. The maximum Gasteiger partial charge on any atom is 0.251 e. The van der Waals surface area contributed by atoms with E-state index in [-0.39, 0.29) is 18.1 Å². The minimum atomic E-state index is -0.286. The molecule has 1 aromatic heterocycles. The highest BCUT2D eigenvalue weighted by Gasteiger charge is 2.19. The van der Waals surface area contributed by atoms with E-state index in [2.05, 4.69) is 15.6 Å². The van der Waals surface area contributed by atoms with Gasteiger partial charge in [-0.25, -0.2) is 4.99 Å². The summed E-state index contributed by atoms with van der Waals surface area (Å²) >= 11 is 0. The second-order valence-corrected chi connectivity index (χ2v) is 9.63. The van der Waals surface area contributed by atoms with Crippen LogP contribution in [0.25, 0.3) is 0 Å². The normalized spacial score (nSPS) is 11.9. The number of rotatable bonds is 13. The van der Waals surface area contributed by atoms with Crippen LogP contribution >= 0.6 is 0 Å². The van der Waals surface area contributed by atoms with Gasteiger partial charge in [-0.1, -0.05) is 13.0 Å². The van der Waals surface area contributed by atoms with E-state index >= 15 is 0 Å². The minimum Gasteiger partial charge on any atom is -0.457 e. The molecule has 0 aliphatic heterocycles. The fraction of sp³-hybridized carbons (Fsp3) is 0.379. The summed E-state index contributed by atoms with van der Waals surface area (Å²) in [6, 6.07) is 14.7. The first-order valence-electron chi connectivity index (χ1n) is 12.8. The van der Waals surface area contributed by atoms with Gasteiger partial charge >= 0.3 is 0 Å². The molecule has 9 nitrogen and oxygen atoms in total. The van der Waals surface area contributed by atoms with Crippen molar-refractivity contribution in [2.75, 3.05) is 32.2 Å². The number of carbonyl (C=O) groups is 1. The summed E-state index contributed by atoms with van der Waals surface area (Å²) in [6.45, 7) is 9.27. The van der Waals surface area contributed by atoms with Crippen molar-refractivity contribution in [3.05, 3.63) is 71.5 Å². The number of nitrogens with two attached hydrogens (primary N) is 1. The van der Waals surface area contributed by atoms with Crippen molar-refractivity contribution in [1.82, 2.24) is 9.88 Å². The smallest absolute Gasteiger partial charge is 0.251 e. The number of anilines is 1. The maximum atomic E-state index is 12.7. The Bertz CT molecular complexity index is 1270. The van der Waals surface area contributed by atoms with E-state index in [9.17, 15) is 4.79 Å². The van der Waals surface area contributed by atoms with Gasteiger partial charge in [0.1, 0.15) is 23.0 Å². The third-order valence-electron chi connectivity index (χ3n) is 6.26. The van der Waals surface area contributed by atoms with Gasteiger partial charge in [-0.05, 0) is 75.2 Å². The second kappa shape index (κ2) is 13.1. The van der Waals surface area contributed by atoms with E-state index in [1.807, 2.05) is 75.8 Å². The van der Waals surface area contributed by atoms with Gasteiger partial charge in [-0.3, -0.25) is 4.79 Å². The van der Waals surface area contributed by atoms with Crippen LogP contribution in [-0.4, -0.2) is 53.8 Å². The molecular formula is C29H39N5O4. The number of benzene rings is 2. The van der Waals surface area contributed by atoms with Gasteiger partial charge in [0.15, 0.2) is 0 Å². The summed E-state index contributed by atoms with van der Waals surface area (Å²) in [7, 11) is 1.83. The van der Waals surface area contributed by atoms with Gasteiger partial charge in [0.05, 0.1) is 31.2 Å². The topological polar surface area (TPSA) is 123 Å². The number of aliphatic imine (C=N–C) groups is 1. The molecule has 3 aromatic rings. The Morgan fingerprint density at radius 2 is 1.95 bits per heavy atom. The molecule has 204 valence electrons. The molecule has 0 atom stereocenters. The van der Waals surface area contributed by atoms with Crippen molar-refractivity contribution in [2.24, 2.45) is 10.7 Å². The lowest BCUT2D eigenvalue weighted by atomic mass is 10.0. The molecule has 1 amide bonds. The summed E-state index contributed by atoms with van der Waals surface area (Å²) in [5, 5.41) is 15.1. The number of carbonyl (C=O) groups excluding carboxylic acids is 1. The number of aromatic nitrogens is 1. The predicted molar refractivity (Wildman–Crippen MR) is 152 cm³/mol. The lowest BCUT2D eigenvalue weighted by molar-refractivity contribution is 0.0870. The first-order chi connectivity index (χ1) is 18.2. The fourth-order valence-corrected chi connectivity index (χ4v) is 3.78. The molecule has 0 radical (unpaired) electrons. The van der Waals surface area contributed by atoms with Crippen molar-refractivity contribution >= 4 is 23.1 Å². The van der Waals surface area contributed by atoms with Gasteiger partial charge in [0, 0.05) is 30.9 Å². The van der Waals surface area contributed by atoms with Gasteiger partial charge in [0.2, 0.25) is 0 Å². The molecule has 2 aromatic carbocycles. The fourth-order valence-electron chi connectivity index (χ4n) is 3.78. The summed E-state index contributed by atoms with van der Waals surface area (Å²) in [5.41, 5.74) is 9.87. The predicted octanol–water partition coefficient (Wildman–Crippen LogP) is 4.59. The van der Waals surface area contributed by atoms with Crippen LogP contribution in [0.1, 0.15) is 48.8 Å². The molecule has 0 aliphatic carbocycles. The molecular weight excluding hydrogens is 482 g/mol. The highest BCUT2D eigenvalue weighted by molar-refractivity contribution is 6.02. The number of amidine groups is 1. The molecule has 0 bridgehead atoms. The van der Waals surface area contributed by atoms with Crippen molar-refractivity contribution < 1.29 is 19.4 Å². The van der Waals surface area contributed by atoms with Crippen LogP contribution in [0, 0.1) is 6.92 Å². The Hall–Kier alpha value is -3.82. The van der Waals surface area contributed by atoms with Crippen molar-refractivity contribution in [3.8, 4) is 11.5 Å². The Morgan fingerprint density at radius 1 is 1.16 bits per heavy atom. The second-order valence-electron chi connectivity index (χ2n) is 9.63. The summed E-state index contributed by atoms with van der Waals surface area (Å²) in [4.78, 5) is 17.3. The molecule has 0 saturated heterocycles. The first kappa shape index (κ1) is 28.7. The molecule has 0 aliphatic rings. The summed E-state index contributed by atoms with van der Waals surface area (Å²) in [5.74, 6) is 1.47.